The van der Waals surface area contributed by atoms with Gasteiger partial charge >= 0.3 is 0 Å². The minimum absolute atomic E-state index is 0.199. The molecule has 0 aromatic rings. The molecule has 1 heterocycles. The highest BCUT2D eigenvalue weighted by atomic mass is 32.2. The summed E-state index contributed by atoms with van der Waals surface area (Å²) in [7, 11) is 2.06. The predicted octanol–water partition coefficient (Wildman–Crippen LogP) is 1.79. The summed E-state index contributed by atoms with van der Waals surface area (Å²) in [4.78, 5) is 13.9. The van der Waals surface area contributed by atoms with Crippen LogP contribution in [0.15, 0.2) is 0 Å². The van der Waals surface area contributed by atoms with Crippen LogP contribution in [-0.2, 0) is 4.79 Å². The van der Waals surface area contributed by atoms with Crippen molar-refractivity contribution in [2.45, 2.75) is 32.2 Å². The Kier molecular flexibility index (Phi) is 4.81. The Balaban J connectivity index is 2.35. The standard InChI is InChI=1S/C10H19NOS/c1-3-4-5-10(12)9-8-13-7-6-11(9)2/h9H,3-8H2,1-2H3. The molecule has 3 heteroatoms. The number of carbonyl (C=O) groups excluding carboxylic acids is 1. The van der Waals surface area contributed by atoms with Gasteiger partial charge in [-0.15, -0.1) is 0 Å². The van der Waals surface area contributed by atoms with Crippen LogP contribution < -0.4 is 0 Å². The van der Waals surface area contributed by atoms with E-state index in [0.717, 1.165) is 31.6 Å². The number of hydrogen-bond donors (Lipinski definition) is 0. The van der Waals surface area contributed by atoms with Crippen LogP contribution in [0.3, 0.4) is 0 Å². The maximum absolute atomic E-state index is 11.7. The minimum atomic E-state index is 0.199. The van der Waals surface area contributed by atoms with E-state index >= 15 is 0 Å². The summed E-state index contributed by atoms with van der Waals surface area (Å²) in [5, 5.41) is 0. The molecule has 1 atom stereocenters. The third-order valence-corrected chi connectivity index (χ3v) is 3.57. The first-order valence-electron chi connectivity index (χ1n) is 5.06. The van der Waals surface area contributed by atoms with Crippen LogP contribution in [0.2, 0.25) is 0 Å². The van der Waals surface area contributed by atoms with Gasteiger partial charge in [-0.3, -0.25) is 9.69 Å². The molecule has 76 valence electrons. The molecular formula is C10H19NOS. The lowest BCUT2D eigenvalue weighted by molar-refractivity contribution is -0.123. The number of nitrogens with zero attached hydrogens (tertiary/aromatic N) is 1. The molecule has 1 rings (SSSR count). The molecular weight excluding hydrogens is 182 g/mol. The number of unbranched alkanes of at least 4 members (excludes halogenated alkanes) is 1. The highest BCUT2D eigenvalue weighted by Crippen LogP contribution is 2.17. The Morgan fingerprint density at radius 2 is 2.38 bits per heavy atom. The summed E-state index contributed by atoms with van der Waals surface area (Å²) < 4.78 is 0. The van der Waals surface area contributed by atoms with Crippen LogP contribution >= 0.6 is 11.8 Å². The van der Waals surface area contributed by atoms with Gasteiger partial charge in [0.1, 0.15) is 0 Å². The van der Waals surface area contributed by atoms with E-state index in [-0.39, 0.29) is 6.04 Å². The van der Waals surface area contributed by atoms with Gasteiger partial charge in [-0.05, 0) is 13.5 Å². The molecule has 1 unspecified atom stereocenters. The molecule has 0 spiro atoms. The van der Waals surface area contributed by atoms with Crippen molar-refractivity contribution in [3.63, 3.8) is 0 Å². The third-order valence-electron chi connectivity index (χ3n) is 2.54. The number of Topliss-reactive ketones (excluding diaryl/α,β-unsaturated/α-hetero) is 1. The van der Waals surface area contributed by atoms with Crippen LogP contribution in [-0.4, -0.2) is 41.8 Å². The van der Waals surface area contributed by atoms with Crippen LogP contribution in [0.5, 0.6) is 0 Å². The van der Waals surface area contributed by atoms with Crippen molar-refractivity contribution in [2.75, 3.05) is 25.1 Å². The van der Waals surface area contributed by atoms with Gasteiger partial charge in [-0.25, -0.2) is 0 Å². The van der Waals surface area contributed by atoms with Crippen LogP contribution in [0.1, 0.15) is 26.2 Å². The SMILES string of the molecule is CCCCC(=O)C1CSCCN1C. The Labute approximate surface area is 85.1 Å². The summed E-state index contributed by atoms with van der Waals surface area (Å²) in [6.45, 7) is 3.19. The molecule has 13 heavy (non-hydrogen) atoms. The van der Waals surface area contributed by atoms with Gasteiger partial charge in [0.25, 0.3) is 0 Å². The number of likely N-dealkylation sites (N-methyl/N-ethyl adjacent to an activating group) is 1. The van der Waals surface area contributed by atoms with Crippen molar-refractivity contribution in [1.82, 2.24) is 4.90 Å². The molecule has 0 aromatic carbocycles. The van der Waals surface area contributed by atoms with Gasteiger partial charge in [-0.1, -0.05) is 13.3 Å². The largest absolute Gasteiger partial charge is 0.298 e. The van der Waals surface area contributed by atoms with Crippen molar-refractivity contribution in [3.8, 4) is 0 Å². The van der Waals surface area contributed by atoms with Crippen molar-refractivity contribution >= 4 is 17.5 Å². The zero-order valence-corrected chi connectivity index (χ0v) is 9.40. The summed E-state index contributed by atoms with van der Waals surface area (Å²) in [5.74, 6) is 2.61. The molecule has 0 N–H and O–H groups in total. The first-order valence-corrected chi connectivity index (χ1v) is 6.22. The monoisotopic (exact) mass is 201 g/mol. The van der Waals surface area contributed by atoms with E-state index in [1.165, 1.54) is 5.75 Å². The number of carbonyl (C=O) groups is 1. The Bertz CT molecular complexity index is 172. The van der Waals surface area contributed by atoms with Crippen LogP contribution in [0.25, 0.3) is 0 Å². The smallest absolute Gasteiger partial charge is 0.150 e. The predicted molar refractivity (Wildman–Crippen MR) is 58.3 cm³/mol. The van der Waals surface area contributed by atoms with Gasteiger partial charge in [0.05, 0.1) is 6.04 Å². The fourth-order valence-electron chi connectivity index (χ4n) is 1.54. The van der Waals surface area contributed by atoms with Gasteiger partial charge < -0.3 is 0 Å². The zero-order chi connectivity index (χ0) is 9.68. The average Bonchev–Trinajstić information content (AvgIpc) is 2.15. The van der Waals surface area contributed by atoms with Gasteiger partial charge in [0.2, 0.25) is 0 Å². The van der Waals surface area contributed by atoms with Crippen molar-refractivity contribution in [3.05, 3.63) is 0 Å². The summed E-state index contributed by atoms with van der Waals surface area (Å²) in [6.07, 6.45) is 2.94. The molecule has 2 nitrogen and oxygen atoms in total. The highest BCUT2D eigenvalue weighted by molar-refractivity contribution is 7.99. The highest BCUT2D eigenvalue weighted by Gasteiger charge is 2.25. The fourth-order valence-corrected chi connectivity index (χ4v) is 2.79. The number of hydrogen-bond acceptors (Lipinski definition) is 3. The summed E-state index contributed by atoms with van der Waals surface area (Å²) in [6, 6.07) is 0.199. The van der Waals surface area contributed by atoms with Crippen molar-refractivity contribution < 1.29 is 4.79 Å². The lowest BCUT2D eigenvalue weighted by Gasteiger charge is -2.30. The molecule has 1 aliphatic rings. The van der Waals surface area contributed by atoms with E-state index in [0.29, 0.717) is 5.78 Å². The van der Waals surface area contributed by atoms with E-state index in [9.17, 15) is 4.79 Å². The average molecular weight is 201 g/mol. The lowest BCUT2D eigenvalue weighted by Crippen LogP contribution is -2.44. The van der Waals surface area contributed by atoms with Crippen molar-refractivity contribution in [1.29, 1.82) is 0 Å². The topological polar surface area (TPSA) is 20.3 Å². The molecule has 0 saturated carbocycles. The minimum Gasteiger partial charge on any atom is -0.298 e. The van der Waals surface area contributed by atoms with Crippen molar-refractivity contribution in [2.24, 2.45) is 0 Å². The maximum atomic E-state index is 11.7. The van der Waals surface area contributed by atoms with Crippen LogP contribution in [0, 0.1) is 0 Å². The number of thioether (sulfide) groups is 1. The molecule has 0 aromatic heterocycles. The lowest BCUT2D eigenvalue weighted by atomic mass is 10.1. The first kappa shape index (κ1) is 11.1. The molecule has 0 bridgehead atoms. The summed E-state index contributed by atoms with van der Waals surface area (Å²) >= 11 is 1.91. The summed E-state index contributed by atoms with van der Waals surface area (Å²) in [5.41, 5.74) is 0. The number of rotatable bonds is 4. The molecule has 1 saturated heterocycles. The first-order chi connectivity index (χ1) is 6.25. The molecule has 1 fully saturated rings. The van der Waals surface area contributed by atoms with Gasteiger partial charge in [0, 0.05) is 24.5 Å². The zero-order valence-electron chi connectivity index (χ0n) is 8.58. The Morgan fingerprint density at radius 1 is 1.62 bits per heavy atom. The fraction of sp³-hybridized carbons (Fsp3) is 0.900. The second-order valence-corrected chi connectivity index (χ2v) is 4.79. The van der Waals surface area contributed by atoms with Gasteiger partial charge in [-0.2, -0.15) is 11.8 Å². The quantitative estimate of drug-likeness (QED) is 0.691. The Morgan fingerprint density at radius 3 is 3.00 bits per heavy atom. The maximum Gasteiger partial charge on any atom is 0.150 e. The second-order valence-electron chi connectivity index (χ2n) is 3.64. The van der Waals surface area contributed by atoms with E-state index < -0.39 is 0 Å². The third kappa shape index (κ3) is 3.31. The normalized spacial score (nSPS) is 24.6. The van der Waals surface area contributed by atoms with Crippen LogP contribution in [0.4, 0.5) is 0 Å². The van der Waals surface area contributed by atoms with E-state index in [4.69, 9.17) is 0 Å². The van der Waals surface area contributed by atoms with E-state index in [2.05, 4.69) is 18.9 Å². The van der Waals surface area contributed by atoms with E-state index in [1.807, 2.05) is 11.8 Å². The van der Waals surface area contributed by atoms with Gasteiger partial charge in [0.15, 0.2) is 5.78 Å². The molecule has 1 aliphatic heterocycles. The molecule has 0 radical (unpaired) electrons. The molecule has 0 amide bonds. The molecule has 0 aliphatic carbocycles. The number of ketones is 1. The second kappa shape index (κ2) is 5.66. The van der Waals surface area contributed by atoms with E-state index in [1.54, 1.807) is 0 Å². The Hall–Kier alpha value is -0.0200.